The highest BCUT2D eigenvalue weighted by Crippen LogP contribution is 2.21. The zero-order chi connectivity index (χ0) is 20.1. The van der Waals surface area contributed by atoms with Crippen LogP contribution in [0.5, 0.6) is 0 Å². The Kier molecular flexibility index (Phi) is 5.47. The number of pyridine rings is 1. The van der Waals surface area contributed by atoms with E-state index in [-0.39, 0.29) is 12.3 Å². The number of carbonyl (C=O) groups is 1. The monoisotopic (exact) mass is 387 g/mol. The third kappa shape index (κ3) is 4.95. The Balaban J connectivity index is 1.29. The van der Waals surface area contributed by atoms with Gasteiger partial charge in [0.25, 0.3) is 0 Å². The van der Waals surface area contributed by atoms with Gasteiger partial charge in [0, 0.05) is 36.9 Å². The molecule has 1 amide bonds. The van der Waals surface area contributed by atoms with Crippen LogP contribution in [-0.2, 0) is 17.8 Å². The van der Waals surface area contributed by atoms with Crippen LogP contribution in [0.1, 0.15) is 23.6 Å². The zero-order valence-corrected chi connectivity index (χ0v) is 16.1. The van der Waals surface area contributed by atoms with E-state index in [9.17, 15) is 4.79 Å². The van der Waals surface area contributed by atoms with Crippen LogP contribution >= 0.6 is 0 Å². The quantitative estimate of drug-likeness (QED) is 0.520. The van der Waals surface area contributed by atoms with Crippen molar-refractivity contribution in [3.63, 3.8) is 0 Å². The van der Waals surface area contributed by atoms with Crippen molar-refractivity contribution in [1.82, 2.24) is 19.7 Å². The van der Waals surface area contributed by atoms with Crippen molar-refractivity contribution in [3.05, 3.63) is 84.3 Å². The molecular formula is C22H21N5O2. The number of nitrogens with zero attached hydrogens (tertiary/aromatic N) is 4. The largest absolute Gasteiger partial charge is 0.441 e. The molecule has 0 saturated carbocycles. The fourth-order valence-electron chi connectivity index (χ4n) is 2.88. The molecule has 0 fully saturated rings. The molecule has 146 valence electrons. The van der Waals surface area contributed by atoms with Crippen LogP contribution in [0.25, 0.3) is 11.3 Å². The first-order valence-electron chi connectivity index (χ1n) is 9.41. The highest BCUT2D eigenvalue weighted by Gasteiger charge is 2.10. The SMILES string of the molecule is Cc1ccc(-c2cnc(CCC(=O)Nc3ccn(Cc4ccccn4)n3)o2)cc1. The van der Waals surface area contributed by atoms with E-state index in [1.165, 1.54) is 5.56 Å². The van der Waals surface area contributed by atoms with Crippen LogP contribution in [0, 0.1) is 6.92 Å². The Morgan fingerprint density at radius 2 is 1.97 bits per heavy atom. The minimum Gasteiger partial charge on any atom is -0.441 e. The van der Waals surface area contributed by atoms with E-state index in [1.54, 1.807) is 23.1 Å². The molecule has 29 heavy (non-hydrogen) atoms. The molecule has 3 aromatic heterocycles. The van der Waals surface area contributed by atoms with Crippen molar-refractivity contribution in [2.24, 2.45) is 0 Å². The number of carbonyl (C=O) groups excluding carboxylic acids is 1. The van der Waals surface area contributed by atoms with Crippen molar-refractivity contribution >= 4 is 11.7 Å². The lowest BCUT2D eigenvalue weighted by molar-refractivity contribution is -0.116. The van der Waals surface area contributed by atoms with Gasteiger partial charge in [-0.25, -0.2) is 4.98 Å². The number of aryl methyl sites for hydroxylation is 2. The summed E-state index contributed by atoms with van der Waals surface area (Å²) in [5, 5.41) is 7.16. The lowest BCUT2D eigenvalue weighted by Gasteiger charge is -2.02. The molecule has 4 aromatic rings. The van der Waals surface area contributed by atoms with Gasteiger partial charge in [0.2, 0.25) is 5.91 Å². The Morgan fingerprint density at radius 3 is 2.76 bits per heavy atom. The maximum atomic E-state index is 12.2. The lowest BCUT2D eigenvalue weighted by Crippen LogP contribution is -2.13. The molecular weight excluding hydrogens is 366 g/mol. The number of anilines is 1. The summed E-state index contributed by atoms with van der Waals surface area (Å²) in [6.07, 6.45) is 5.94. The molecule has 0 aliphatic heterocycles. The normalized spacial score (nSPS) is 10.8. The number of rotatable bonds is 7. The van der Waals surface area contributed by atoms with Crippen molar-refractivity contribution < 1.29 is 9.21 Å². The highest BCUT2D eigenvalue weighted by molar-refractivity contribution is 5.89. The van der Waals surface area contributed by atoms with Crippen LogP contribution in [0.15, 0.2) is 71.5 Å². The average Bonchev–Trinajstić information content (AvgIpc) is 3.37. The summed E-state index contributed by atoms with van der Waals surface area (Å²) in [6, 6.07) is 15.5. The molecule has 0 saturated heterocycles. The molecule has 1 N–H and O–H groups in total. The molecule has 0 aliphatic carbocycles. The Labute approximate surface area is 168 Å². The van der Waals surface area contributed by atoms with Gasteiger partial charge in [-0.1, -0.05) is 35.9 Å². The molecule has 0 bridgehead atoms. The number of hydrogen-bond donors (Lipinski definition) is 1. The second-order valence-electron chi connectivity index (χ2n) is 6.75. The third-order valence-corrected chi connectivity index (χ3v) is 4.41. The molecule has 0 radical (unpaired) electrons. The Morgan fingerprint density at radius 1 is 1.10 bits per heavy atom. The fraction of sp³-hybridized carbons (Fsp3) is 0.182. The van der Waals surface area contributed by atoms with Crippen LogP contribution in [0.2, 0.25) is 0 Å². The van der Waals surface area contributed by atoms with E-state index in [4.69, 9.17) is 4.42 Å². The number of amides is 1. The fourth-order valence-corrected chi connectivity index (χ4v) is 2.88. The summed E-state index contributed by atoms with van der Waals surface area (Å²) < 4.78 is 7.50. The first-order chi connectivity index (χ1) is 14.2. The van der Waals surface area contributed by atoms with Crippen LogP contribution in [-0.4, -0.2) is 25.7 Å². The van der Waals surface area contributed by atoms with Gasteiger partial charge in [0.15, 0.2) is 17.5 Å². The number of nitrogens with one attached hydrogen (secondary N) is 1. The topological polar surface area (TPSA) is 85.8 Å². The summed E-state index contributed by atoms with van der Waals surface area (Å²) in [7, 11) is 0. The Bertz CT molecular complexity index is 1080. The van der Waals surface area contributed by atoms with E-state index in [1.807, 2.05) is 55.6 Å². The van der Waals surface area contributed by atoms with Gasteiger partial charge in [-0.2, -0.15) is 5.10 Å². The predicted molar refractivity (Wildman–Crippen MR) is 109 cm³/mol. The van der Waals surface area contributed by atoms with Crippen molar-refractivity contribution in [2.45, 2.75) is 26.3 Å². The first-order valence-corrected chi connectivity index (χ1v) is 9.41. The second kappa shape index (κ2) is 8.52. The number of hydrogen-bond acceptors (Lipinski definition) is 5. The van der Waals surface area contributed by atoms with Gasteiger partial charge in [-0.05, 0) is 19.1 Å². The van der Waals surface area contributed by atoms with Crippen LogP contribution in [0.3, 0.4) is 0 Å². The first kappa shape index (κ1) is 18.6. The van der Waals surface area contributed by atoms with E-state index < -0.39 is 0 Å². The van der Waals surface area contributed by atoms with Gasteiger partial charge in [-0.3, -0.25) is 14.5 Å². The van der Waals surface area contributed by atoms with Gasteiger partial charge in [-0.15, -0.1) is 0 Å². The predicted octanol–water partition coefficient (Wildman–Crippen LogP) is 3.86. The molecule has 0 atom stereocenters. The van der Waals surface area contributed by atoms with Crippen molar-refractivity contribution in [1.29, 1.82) is 0 Å². The van der Waals surface area contributed by atoms with Crippen LogP contribution < -0.4 is 5.32 Å². The van der Waals surface area contributed by atoms with E-state index in [2.05, 4.69) is 20.4 Å². The molecule has 4 rings (SSSR count). The third-order valence-electron chi connectivity index (χ3n) is 4.41. The minimum absolute atomic E-state index is 0.136. The molecule has 0 aliphatic rings. The van der Waals surface area contributed by atoms with Gasteiger partial charge in [0.05, 0.1) is 18.4 Å². The Hall–Kier alpha value is -3.74. The van der Waals surface area contributed by atoms with Gasteiger partial charge < -0.3 is 9.73 Å². The molecule has 7 heteroatoms. The number of benzene rings is 1. The highest BCUT2D eigenvalue weighted by atomic mass is 16.4. The standard InChI is InChI=1S/C22H21N5O2/c1-16-5-7-17(8-6-16)19-14-24-22(29-19)10-9-21(28)25-20-11-13-27(26-20)15-18-4-2-3-12-23-18/h2-8,11-14H,9-10,15H2,1H3,(H,25,26,28). The lowest BCUT2D eigenvalue weighted by atomic mass is 10.1. The maximum absolute atomic E-state index is 12.2. The minimum atomic E-state index is -0.136. The smallest absolute Gasteiger partial charge is 0.226 e. The second-order valence-corrected chi connectivity index (χ2v) is 6.75. The molecule has 0 unspecified atom stereocenters. The summed E-state index contributed by atoms with van der Waals surface area (Å²) >= 11 is 0. The van der Waals surface area contributed by atoms with Gasteiger partial charge >= 0.3 is 0 Å². The summed E-state index contributed by atoms with van der Waals surface area (Å²) in [4.78, 5) is 20.8. The molecule has 7 nitrogen and oxygen atoms in total. The summed E-state index contributed by atoms with van der Waals surface area (Å²) in [5.41, 5.74) is 3.06. The van der Waals surface area contributed by atoms with E-state index in [0.29, 0.717) is 30.4 Å². The summed E-state index contributed by atoms with van der Waals surface area (Å²) in [6.45, 7) is 2.59. The molecule has 3 heterocycles. The number of aromatic nitrogens is 4. The van der Waals surface area contributed by atoms with E-state index in [0.717, 1.165) is 11.3 Å². The van der Waals surface area contributed by atoms with E-state index >= 15 is 0 Å². The zero-order valence-electron chi connectivity index (χ0n) is 16.1. The average molecular weight is 387 g/mol. The van der Waals surface area contributed by atoms with Gasteiger partial charge in [0.1, 0.15) is 0 Å². The molecule has 1 aromatic carbocycles. The molecule has 0 spiro atoms. The van der Waals surface area contributed by atoms with Crippen molar-refractivity contribution in [2.75, 3.05) is 5.32 Å². The number of oxazole rings is 1. The maximum Gasteiger partial charge on any atom is 0.226 e. The summed E-state index contributed by atoms with van der Waals surface area (Å²) in [5.74, 6) is 1.62. The van der Waals surface area contributed by atoms with Crippen molar-refractivity contribution in [3.8, 4) is 11.3 Å². The van der Waals surface area contributed by atoms with Crippen LogP contribution in [0.4, 0.5) is 5.82 Å².